The second-order valence-electron chi connectivity index (χ2n) is 5.95. The predicted molar refractivity (Wildman–Crippen MR) is 79.0 cm³/mol. The van der Waals surface area contributed by atoms with Crippen LogP contribution in [0.25, 0.3) is 0 Å². The summed E-state index contributed by atoms with van der Waals surface area (Å²) in [6.45, 7) is 7.47. The second kappa shape index (κ2) is 4.49. The van der Waals surface area contributed by atoms with Crippen molar-refractivity contribution in [1.82, 2.24) is 0 Å². The zero-order chi connectivity index (χ0) is 15.1. The fourth-order valence-corrected chi connectivity index (χ4v) is 2.68. The maximum Gasteiger partial charge on any atom is 0.240 e. The van der Waals surface area contributed by atoms with Crippen molar-refractivity contribution in [3.05, 3.63) is 29.8 Å². The van der Waals surface area contributed by atoms with Crippen LogP contribution >= 0.6 is 0 Å². The molecule has 1 aliphatic heterocycles. The van der Waals surface area contributed by atoms with Crippen molar-refractivity contribution in [3.8, 4) is 12.3 Å². The number of rotatable bonds is 2. The van der Waals surface area contributed by atoms with Gasteiger partial charge in [-0.15, -0.1) is 6.42 Å². The van der Waals surface area contributed by atoms with Crippen LogP contribution in [-0.2, 0) is 9.59 Å². The summed E-state index contributed by atoms with van der Waals surface area (Å²) in [6.07, 6.45) is 6.00. The van der Waals surface area contributed by atoms with Crippen molar-refractivity contribution >= 4 is 17.5 Å². The molecule has 1 aromatic carbocycles. The zero-order valence-corrected chi connectivity index (χ0v) is 12.4. The molecule has 2 rings (SSSR count). The van der Waals surface area contributed by atoms with Gasteiger partial charge in [0, 0.05) is 5.56 Å². The van der Waals surface area contributed by atoms with E-state index in [-0.39, 0.29) is 11.8 Å². The van der Waals surface area contributed by atoms with E-state index in [0.29, 0.717) is 17.7 Å². The normalized spacial score (nSPS) is 24.9. The predicted octanol–water partition coefficient (Wildman–Crippen LogP) is 2.98. The summed E-state index contributed by atoms with van der Waals surface area (Å²) in [7, 11) is 0. The number of benzene rings is 1. The largest absolute Gasteiger partial charge is 0.273 e. The Morgan fingerprint density at radius 3 is 2.35 bits per heavy atom. The fourth-order valence-electron chi connectivity index (χ4n) is 2.68. The highest BCUT2D eigenvalue weighted by molar-refractivity contribution is 6.25. The van der Waals surface area contributed by atoms with E-state index in [1.54, 1.807) is 24.3 Å². The Labute approximate surface area is 120 Å². The van der Waals surface area contributed by atoms with Gasteiger partial charge < -0.3 is 0 Å². The van der Waals surface area contributed by atoms with E-state index in [9.17, 15) is 9.59 Å². The Morgan fingerprint density at radius 1 is 1.20 bits per heavy atom. The summed E-state index contributed by atoms with van der Waals surface area (Å²) in [6, 6.07) is 6.99. The molecule has 2 amide bonds. The van der Waals surface area contributed by atoms with Gasteiger partial charge in [0.25, 0.3) is 0 Å². The average Bonchev–Trinajstić information content (AvgIpc) is 2.58. The van der Waals surface area contributed by atoms with Crippen LogP contribution in [0, 0.1) is 23.2 Å². The number of terminal acetylenes is 1. The minimum absolute atomic E-state index is 0.149. The summed E-state index contributed by atoms with van der Waals surface area (Å²) in [4.78, 5) is 26.7. The topological polar surface area (TPSA) is 37.4 Å². The van der Waals surface area contributed by atoms with Gasteiger partial charge in [0.05, 0.1) is 16.5 Å². The third-order valence-corrected chi connectivity index (χ3v) is 4.77. The Balaban J connectivity index is 2.57. The first-order chi connectivity index (χ1) is 9.29. The van der Waals surface area contributed by atoms with Crippen molar-refractivity contribution in [1.29, 1.82) is 0 Å². The molecule has 20 heavy (non-hydrogen) atoms. The number of carbonyl (C=O) groups is 2. The molecular weight excluding hydrogens is 250 g/mol. The molecule has 1 unspecified atom stereocenters. The van der Waals surface area contributed by atoms with Crippen LogP contribution in [-0.4, -0.2) is 11.8 Å². The maximum atomic E-state index is 12.7. The Bertz CT molecular complexity index is 624. The van der Waals surface area contributed by atoms with Crippen LogP contribution in [0.4, 0.5) is 5.69 Å². The number of imide groups is 1. The number of nitrogens with zero attached hydrogens (tertiary/aromatic N) is 1. The number of anilines is 1. The van der Waals surface area contributed by atoms with Crippen molar-refractivity contribution in [2.24, 2.45) is 10.8 Å². The van der Waals surface area contributed by atoms with Gasteiger partial charge in [0.15, 0.2) is 0 Å². The van der Waals surface area contributed by atoms with Crippen molar-refractivity contribution < 1.29 is 9.59 Å². The molecule has 1 aliphatic rings. The van der Waals surface area contributed by atoms with Crippen LogP contribution < -0.4 is 4.90 Å². The molecule has 0 saturated carbocycles. The van der Waals surface area contributed by atoms with Gasteiger partial charge in [-0.2, -0.15) is 0 Å². The van der Waals surface area contributed by atoms with Crippen molar-refractivity contribution in [2.75, 3.05) is 4.90 Å². The van der Waals surface area contributed by atoms with Gasteiger partial charge >= 0.3 is 0 Å². The van der Waals surface area contributed by atoms with E-state index >= 15 is 0 Å². The van der Waals surface area contributed by atoms with Gasteiger partial charge in [0.2, 0.25) is 11.8 Å². The van der Waals surface area contributed by atoms with E-state index in [0.717, 1.165) is 0 Å². The highest BCUT2D eigenvalue weighted by atomic mass is 16.2. The molecule has 0 N–H and O–H groups in total. The Kier molecular flexibility index (Phi) is 3.21. The molecule has 1 atom stereocenters. The molecule has 0 aromatic heterocycles. The fraction of sp³-hybridized carbons (Fsp3) is 0.412. The van der Waals surface area contributed by atoms with Gasteiger partial charge in [-0.1, -0.05) is 18.9 Å². The highest BCUT2D eigenvalue weighted by Gasteiger charge is 2.61. The first kappa shape index (κ1) is 14.3. The van der Waals surface area contributed by atoms with Crippen molar-refractivity contribution in [2.45, 2.75) is 34.1 Å². The van der Waals surface area contributed by atoms with E-state index in [2.05, 4.69) is 5.92 Å². The molecule has 0 radical (unpaired) electrons. The quantitative estimate of drug-likeness (QED) is 0.611. The van der Waals surface area contributed by atoms with E-state index < -0.39 is 10.8 Å². The number of hydrogen-bond acceptors (Lipinski definition) is 2. The minimum atomic E-state index is -0.717. The third kappa shape index (κ3) is 1.68. The van der Waals surface area contributed by atoms with E-state index in [4.69, 9.17) is 6.42 Å². The lowest BCUT2D eigenvalue weighted by molar-refractivity contribution is -0.131. The average molecular weight is 269 g/mol. The standard InChI is InChI=1S/C17H19NO2/c1-6-12-9-8-10-13(11-12)18-14(19)16(3,4)17(5,7-2)15(18)20/h1,8-11H,7H2,2-5H3. The summed E-state index contributed by atoms with van der Waals surface area (Å²) < 4.78 is 0. The molecule has 0 spiro atoms. The number of amides is 2. The zero-order valence-electron chi connectivity index (χ0n) is 12.4. The molecule has 3 heteroatoms. The minimum Gasteiger partial charge on any atom is -0.273 e. The Morgan fingerprint density at radius 2 is 1.85 bits per heavy atom. The van der Waals surface area contributed by atoms with Crippen LogP contribution in [0.2, 0.25) is 0 Å². The molecule has 1 aromatic rings. The first-order valence-corrected chi connectivity index (χ1v) is 6.75. The summed E-state index contributed by atoms with van der Waals surface area (Å²) in [5.41, 5.74) is -0.187. The van der Waals surface area contributed by atoms with Gasteiger partial charge in [-0.05, 0) is 45.4 Å². The van der Waals surface area contributed by atoms with Crippen molar-refractivity contribution in [3.63, 3.8) is 0 Å². The monoisotopic (exact) mass is 269 g/mol. The van der Waals surface area contributed by atoms with Crippen LogP contribution in [0.5, 0.6) is 0 Å². The molecule has 104 valence electrons. The van der Waals surface area contributed by atoms with Gasteiger partial charge in [0.1, 0.15) is 0 Å². The first-order valence-electron chi connectivity index (χ1n) is 6.75. The summed E-state index contributed by atoms with van der Waals surface area (Å²) >= 11 is 0. The van der Waals surface area contributed by atoms with Crippen LogP contribution in [0.3, 0.4) is 0 Å². The van der Waals surface area contributed by atoms with E-state index in [1.807, 2.05) is 27.7 Å². The maximum absolute atomic E-state index is 12.7. The molecule has 1 heterocycles. The Hall–Kier alpha value is -2.08. The number of carbonyl (C=O) groups excluding carboxylic acids is 2. The smallest absolute Gasteiger partial charge is 0.240 e. The summed E-state index contributed by atoms with van der Waals surface area (Å²) in [5, 5.41) is 0. The lowest BCUT2D eigenvalue weighted by Crippen LogP contribution is -2.37. The van der Waals surface area contributed by atoms with Gasteiger partial charge in [-0.25, -0.2) is 4.90 Å². The molecular formula is C17H19NO2. The third-order valence-electron chi connectivity index (χ3n) is 4.77. The molecule has 0 aliphatic carbocycles. The molecule has 0 bridgehead atoms. The number of hydrogen-bond donors (Lipinski definition) is 0. The van der Waals surface area contributed by atoms with Gasteiger partial charge in [-0.3, -0.25) is 9.59 Å². The van der Waals surface area contributed by atoms with E-state index in [1.165, 1.54) is 4.90 Å². The lowest BCUT2D eigenvalue weighted by atomic mass is 9.67. The molecule has 3 nitrogen and oxygen atoms in total. The molecule has 1 fully saturated rings. The highest BCUT2D eigenvalue weighted by Crippen LogP contribution is 2.50. The SMILES string of the molecule is C#Cc1cccc(N2C(=O)C(C)(C)C(C)(CC)C2=O)c1. The summed E-state index contributed by atoms with van der Waals surface area (Å²) in [5.74, 6) is 2.21. The molecule has 1 saturated heterocycles. The second-order valence-corrected chi connectivity index (χ2v) is 5.95. The lowest BCUT2D eigenvalue weighted by Gasteiger charge is -2.31. The van der Waals surface area contributed by atoms with Crippen LogP contribution in [0.1, 0.15) is 39.7 Å². The van der Waals surface area contributed by atoms with Crippen LogP contribution in [0.15, 0.2) is 24.3 Å².